The fraction of sp³-hybridized carbons (Fsp3) is 0.467. The molecule has 0 bridgehead atoms. The molecule has 108 valence electrons. The van der Waals surface area contributed by atoms with E-state index in [0.29, 0.717) is 24.4 Å². The van der Waals surface area contributed by atoms with Crippen molar-refractivity contribution in [3.8, 4) is 5.75 Å². The highest BCUT2D eigenvalue weighted by molar-refractivity contribution is 5.97. The summed E-state index contributed by atoms with van der Waals surface area (Å²) in [5, 5.41) is 9.17. The molecule has 1 aliphatic heterocycles. The summed E-state index contributed by atoms with van der Waals surface area (Å²) >= 11 is 0. The lowest BCUT2D eigenvalue weighted by Crippen LogP contribution is -2.24. The Morgan fingerprint density at radius 2 is 2.20 bits per heavy atom. The maximum atomic E-state index is 11.8. The van der Waals surface area contributed by atoms with Crippen molar-refractivity contribution in [2.75, 3.05) is 11.4 Å². The summed E-state index contributed by atoms with van der Waals surface area (Å²) in [7, 11) is 0. The van der Waals surface area contributed by atoms with Gasteiger partial charge in [0.15, 0.2) is 0 Å². The average molecular weight is 277 g/mol. The van der Waals surface area contributed by atoms with Gasteiger partial charge < -0.3 is 14.7 Å². The third-order valence-electron chi connectivity index (χ3n) is 3.44. The summed E-state index contributed by atoms with van der Waals surface area (Å²) in [5.74, 6) is -0.497. The molecule has 5 heteroatoms. The van der Waals surface area contributed by atoms with Crippen LogP contribution in [0.2, 0.25) is 0 Å². The van der Waals surface area contributed by atoms with Gasteiger partial charge in [0.25, 0.3) is 0 Å². The van der Waals surface area contributed by atoms with Gasteiger partial charge in [0.05, 0.1) is 11.7 Å². The van der Waals surface area contributed by atoms with Crippen molar-refractivity contribution in [1.82, 2.24) is 0 Å². The van der Waals surface area contributed by atoms with E-state index in [1.165, 1.54) is 12.1 Å². The van der Waals surface area contributed by atoms with Crippen LogP contribution in [0.15, 0.2) is 18.2 Å². The molecule has 1 aliphatic rings. The highest BCUT2D eigenvalue weighted by Crippen LogP contribution is 2.28. The fourth-order valence-electron chi connectivity index (χ4n) is 2.17. The molecular weight excluding hydrogens is 258 g/mol. The van der Waals surface area contributed by atoms with E-state index >= 15 is 0 Å². The molecule has 1 saturated heterocycles. The summed E-state index contributed by atoms with van der Waals surface area (Å²) in [6.45, 7) is 4.55. The number of rotatable bonds is 5. The number of anilines is 1. The number of carbonyl (C=O) groups excluding carboxylic acids is 1. The molecule has 1 fully saturated rings. The molecule has 0 spiro atoms. The molecule has 0 aromatic heterocycles. The summed E-state index contributed by atoms with van der Waals surface area (Å²) in [4.78, 5) is 24.6. The highest BCUT2D eigenvalue weighted by Gasteiger charge is 2.23. The Morgan fingerprint density at radius 1 is 1.45 bits per heavy atom. The van der Waals surface area contributed by atoms with E-state index in [4.69, 9.17) is 4.74 Å². The monoisotopic (exact) mass is 277 g/mol. The van der Waals surface area contributed by atoms with Crippen LogP contribution in [0.25, 0.3) is 0 Å². The maximum Gasteiger partial charge on any atom is 0.335 e. The number of hydrogen-bond acceptors (Lipinski definition) is 3. The molecule has 5 nitrogen and oxygen atoms in total. The van der Waals surface area contributed by atoms with Crippen LogP contribution < -0.4 is 9.64 Å². The molecular formula is C15H19NO4. The van der Waals surface area contributed by atoms with Gasteiger partial charge in [0.2, 0.25) is 5.91 Å². The van der Waals surface area contributed by atoms with Crippen LogP contribution in [0.4, 0.5) is 5.69 Å². The Labute approximate surface area is 118 Å². The van der Waals surface area contributed by atoms with Crippen molar-refractivity contribution < 1.29 is 19.4 Å². The molecule has 0 radical (unpaired) electrons. The Hall–Kier alpha value is -2.04. The summed E-state index contributed by atoms with van der Waals surface area (Å²) in [6.07, 6.45) is 2.15. The van der Waals surface area contributed by atoms with Crippen molar-refractivity contribution in [2.45, 2.75) is 39.2 Å². The van der Waals surface area contributed by atoms with Crippen LogP contribution in [0, 0.1) is 0 Å². The molecule has 1 unspecified atom stereocenters. The average Bonchev–Trinajstić information content (AvgIpc) is 2.84. The van der Waals surface area contributed by atoms with Crippen LogP contribution in [-0.2, 0) is 4.79 Å². The van der Waals surface area contributed by atoms with Crippen molar-refractivity contribution in [2.24, 2.45) is 0 Å². The number of ether oxygens (including phenoxy) is 1. The van der Waals surface area contributed by atoms with Gasteiger partial charge in [-0.3, -0.25) is 4.79 Å². The first kappa shape index (κ1) is 14.4. The van der Waals surface area contributed by atoms with Crippen molar-refractivity contribution in [3.63, 3.8) is 0 Å². The molecule has 1 atom stereocenters. The Bertz CT molecular complexity index is 527. The van der Waals surface area contributed by atoms with Gasteiger partial charge in [-0.05, 0) is 31.9 Å². The standard InChI is InChI=1S/C15H19NO4/c1-3-10(2)20-13-8-11(15(18)19)7-12(9-13)16-6-4-5-14(16)17/h7-10H,3-6H2,1-2H3,(H,18,19). The van der Waals surface area contributed by atoms with E-state index in [1.807, 2.05) is 13.8 Å². The third-order valence-corrected chi connectivity index (χ3v) is 3.44. The van der Waals surface area contributed by atoms with E-state index in [2.05, 4.69) is 0 Å². The summed E-state index contributed by atoms with van der Waals surface area (Å²) < 4.78 is 5.69. The predicted molar refractivity (Wildman–Crippen MR) is 75.4 cm³/mol. The normalized spacial score (nSPS) is 16.3. The van der Waals surface area contributed by atoms with Gasteiger partial charge in [0.1, 0.15) is 5.75 Å². The van der Waals surface area contributed by atoms with Gasteiger partial charge in [-0.1, -0.05) is 6.92 Å². The van der Waals surface area contributed by atoms with E-state index in [1.54, 1.807) is 11.0 Å². The minimum atomic E-state index is -1.02. The number of carboxylic acids is 1. The minimum absolute atomic E-state index is 0.00109. The zero-order valence-corrected chi connectivity index (χ0v) is 11.8. The molecule has 20 heavy (non-hydrogen) atoms. The second-order valence-electron chi connectivity index (χ2n) is 5.01. The number of hydrogen-bond donors (Lipinski definition) is 1. The van der Waals surface area contributed by atoms with Crippen molar-refractivity contribution >= 4 is 17.6 Å². The first-order valence-electron chi connectivity index (χ1n) is 6.86. The third kappa shape index (κ3) is 3.10. The Balaban J connectivity index is 2.35. The fourth-order valence-corrected chi connectivity index (χ4v) is 2.17. The minimum Gasteiger partial charge on any atom is -0.491 e. The molecule has 0 saturated carbocycles. The number of benzene rings is 1. The van der Waals surface area contributed by atoms with Crippen LogP contribution in [0.5, 0.6) is 5.75 Å². The Kier molecular flexibility index (Phi) is 4.27. The van der Waals surface area contributed by atoms with E-state index in [9.17, 15) is 14.7 Å². The number of aromatic carboxylic acids is 1. The van der Waals surface area contributed by atoms with Crippen LogP contribution in [0.3, 0.4) is 0 Å². The number of amides is 1. The van der Waals surface area contributed by atoms with E-state index < -0.39 is 5.97 Å². The van der Waals surface area contributed by atoms with Crippen LogP contribution >= 0.6 is 0 Å². The zero-order chi connectivity index (χ0) is 14.7. The smallest absolute Gasteiger partial charge is 0.335 e. The summed E-state index contributed by atoms with van der Waals surface area (Å²) in [6, 6.07) is 4.76. The molecule has 1 heterocycles. The topological polar surface area (TPSA) is 66.8 Å². The Morgan fingerprint density at radius 3 is 2.75 bits per heavy atom. The van der Waals surface area contributed by atoms with Crippen molar-refractivity contribution in [3.05, 3.63) is 23.8 Å². The van der Waals surface area contributed by atoms with Gasteiger partial charge >= 0.3 is 5.97 Å². The maximum absolute atomic E-state index is 11.8. The first-order chi connectivity index (χ1) is 9.51. The second kappa shape index (κ2) is 5.94. The van der Waals surface area contributed by atoms with E-state index in [-0.39, 0.29) is 17.6 Å². The van der Waals surface area contributed by atoms with E-state index in [0.717, 1.165) is 12.8 Å². The molecule has 1 aromatic rings. The number of carbonyl (C=O) groups is 2. The lowest BCUT2D eigenvalue weighted by Gasteiger charge is -2.19. The highest BCUT2D eigenvalue weighted by atomic mass is 16.5. The lowest BCUT2D eigenvalue weighted by atomic mass is 10.1. The molecule has 1 N–H and O–H groups in total. The zero-order valence-electron chi connectivity index (χ0n) is 11.8. The van der Waals surface area contributed by atoms with Gasteiger partial charge in [0, 0.05) is 24.7 Å². The predicted octanol–water partition coefficient (Wildman–Crippen LogP) is 2.69. The molecule has 2 rings (SSSR count). The summed E-state index contributed by atoms with van der Waals surface area (Å²) in [5.41, 5.74) is 0.742. The molecule has 1 aromatic carbocycles. The number of carboxylic acid groups (broad SMARTS) is 1. The quantitative estimate of drug-likeness (QED) is 0.898. The first-order valence-corrected chi connectivity index (χ1v) is 6.86. The van der Waals surface area contributed by atoms with Gasteiger partial charge in [-0.15, -0.1) is 0 Å². The SMILES string of the molecule is CCC(C)Oc1cc(C(=O)O)cc(N2CCCC2=O)c1. The second-order valence-corrected chi connectivity index (χ2v) is 5.01. The van der Waals surface area contributed by atoms with Crippen molar-refractivity contribution in [1.29, 1.82) is 0 Å². The van der Waals surface area contributed by atoms with Crippen LogP contribution in [-0.4, -0.2) is 29.6 Å². The molecule has 1 amide bonds. The van der Waals surface area contributed by atoms with Gasteiger partial charge in [-0.2, -0.15) is 0 Å². The lowest BCUT2D eigenvalue weighted by molar-refractivity contribution is -0.117. The largest absolute Gasteiger partial charge is 0.491 e. The number of nitrogens with zero attached hydrogens (tertiary/aromatic N) is 1. The van der Waals surface area contributed by atoms with Crippen LogP contribution in [0.1, 0.15) is 43.5 Å². The molecule has 0 aliphatic carbocycles. The van der Waals surface area contributed by atoms with Gasteiger partial charge in [-0.25, -0.2) is 4.79 Å².